The number of pyridine rings is 1. The van der Waals surface area contributed by atoms with Gasteiger partial charge < -0.3 is 5.73 Å². The minimum Gasteiger partial charge on any atom is -0.329 e. The molecule has 1 saturated carbocycles. The highest BCUT2D eigenvalue weighted by atomic mass is 15.1. The Morgan fingerprint density at radius 3 is 2.76 bits per heavy atom. The monoisotopic (exact) mass is 233 g/mol. The zero-order valence-electron chi connectivity index (χ0n) is 10.7. The smallest absolute Gasteiger partial charge is 0.0543 e. The van der Waals surface area contributed by atoms with Crippen molar-refractivity contribution in [3.63, 3.8) is 0 Å². The second kappa shape index (κ2) is 6.12. The van der Waals surface area contributed by atoms with Gasteiger partial charge in [-0.3, -0.25) is 9.88 Å². The van der Waals surface area contributed by atoms with Gasteiger partial charge in [0.15, 0.2) is 0 Å². The number of hydrogen-bond donors (Lipinski definition) is 1. The summed E-state index contributed by atoms with van der Waals surface area (Å²) in [6.07, 6.45) is 7.29. The van der Waals surface area contributed by atoms with Crippen molar-refractivity contribution in [3.8, 4) is 0 Å². The van der Waals surface area contributed by atoms with Crippen LogP contribution in [0.1, 0.15) is 31.4 Å². The molecule has 0 aromatic carbocycles. The maximum absolute atomic E-state index is 5.95. The molecule has 1 aliphatic rings. The molecule has 0 amide bonds. The van der Waals surface area contributed by atoms with Crippen LogP contribution in [0.2, 0.25) is 0 Å². The van der Waals surface area contributed by atoms with Gasteiger partial charge in [-0.1, -0.05) is 18.9 Å². The largest absolute Gasteiger partial charge is 0.329 e. The van der Waals surface area contributed by atoms with Gasteiger partial charge in [-0.25, -0.2) is 0 Å². The third kappa shape index (κ3) is 3.27. The van der Waals surface area contributed by atoms with E-state index in [1.165, 1.54) is 25.7 Å². The number of nitrogens with two attached hydrogens (primary N) is 1. The van der Waals surface area contributed by atoms with Gasteiger partial charge in [0.05, 0.1) is 5.69 Å². The molecule has 1 atom stereocenters. The Kier molecular flexibility index (Phi) is 4.51. The van der Waals surface area contributed by atoms with Crippen LogP contribution in [0.4, 0.5) is 0 Å². The molecule has 1 aromatic heterocycles. The molecule has 2 N–H and O–H groups in total. The van der Waals surface area contributed by atoms with E-state index in [0.717, 1.165) is 24.7 Å². The molecule has 1 aliphatic carbocycles. The average Bonchev–Trinajstić information content (AvgIpc) is 2.85. The summed E-state index contributed by atoms with van der Waals surface area (Å²) in [6.45, 7) is 1.66. The van der Waals surface area contributed by atoms with Crippen molar-refractivity contribution in [2.45, 2.75) is 38.3 Å². The van der Waals surface area contributed by atoms with Gasteiger partial charge >= 0.3 is 0 Å². The SMILES string of the molecule is CN(Cc1ccccn1)C(CN)C1CCCC1. The van der Waals surface area contributed by atoms with Crippen molar-refractivity contribution in [2.24, 2.45) is 11.7 Å². The predicted octanol–water partition coefficient (Wildman–Crippen LogP) is 2.03. The number of hydrogen-bond acceptors (Lipinski definition) is 3. The average molecular weight is 233 g/mol. The van der Waals surface area contributed by atoms with Crippen molar-refractivity contribution in [3.05, 3.63) is 30.1 Å². The number of nitrogens with zero attached hydrogens (tertiary/aromatic N) is 2. The molecular weight excluding hydrogens is 210 g/mol. The molecule has 1 unspecified atom stereocenters. The van der Waals surface area contributed by atoms with Gasteiger partial charge in [0.1, 0.15) is 0 Å². The lowest BCUT2D eigenvalue weighted by atomic mass is 9.97. The Bertz CT molecular complexity index is 319. The standard InChI is InChI=1S/C14H23N3/c1-17(11-13-8-4-5-9-16-13)14(10-15)12-6-2-3-7-12/h4-5,8-9,12,14H,2-3,6-7,10-11,15H2,1H3. The lowest BCUT2D eigenvalue weighted by molar-refractivity contribution is 0.172. The van der Waals surface area contributed by atoms with Crippen molar-refractivity contribution in [1.82, 2.24) is 9.88 Å². The van der Waals surface area contributed by atoms with E-state index in [2.05, 4.69) is 23.0 Å². The van der Waals surface area contributed by atoms with E-state index in [1.54, 1.807) is 0 Å². The first-order chi connectivity index (χ1) is 8.31. The summed E-state index contributed by atoms with van der Waals surface area (Å²) < 4.78 is 0. The molecule has 0 saturated heterocycles. The number of aromatic nitrogens is 1. The fourth-order valence-electron chi connectivity index (χ4n) is 2.94. The maximum Gasteiger partial charge on any atom is 0.0543 e. The molecule has 17 heavy (non-hydrogen) atoms. The molecule has 1 fully saturated rings. The van der Waals surface area contributed by atoms with E-state index in [4.69, 9.17) is 5.73 Å². The second-order valence-electron chi connectivity index (χ2n) is 5.08. The molecule has 0 spiro atoms. The Morgan fingerprint density at radius 2 is 2.18 bits per heavy atom. The van der Waals surface area contributed by atoms with Crippen LogP contribution in [-0.2, 0) is 6.54 Å². The maximum atomic E-state index is 5.95. The molecule has 0 radical (unpaired) electrons. The molecule has 2 rings (SSSR count). The highest BCUT2D eigenvalue weighted by Crippen LogP contribution is 2.29. The normalized spacial score (nSPS) is 18.8. The summed E-state index contributed by atoms with van der Waals surface area (Å²) in [6, 6.07) is 6.60. The van der Waals surface area contributed by atoms with E-state index < -0.39 is 0 Å². The molecule has 0 bridgehead atoms. The van der Waals surface area contributed by atoms with Gasteiger partial charge in [-0.15, -0.1) is 0 Å². The lowest BCUT2D eigenvalue weighted by Crippen LogP contribution is -2.42. The second-order valence-corrected chi connectivity index (χ2v) is 5.08. The van der Waals surface area contributed by atoms with Crippen LogP contribution in [0.5, 0.6) is 0 Å². The number of likely N-dealkylation sites (N-methyl/N-ethyl adjacent to an activating group) is 1. The van der Waals surface area contributed by atoms with Crippen LogP contribution in [0, 0.1) is 5.92 Å². The molecule has 3 heteroatoms. The molecule has 94 valence electrons. The highest BCUT2D eigenvalue weighted by Gasteiger charge is 2.26. The Labute approximate surface area is 104 Å². The molecular formula is C14H23N3. The summed E-state index contributed by atoms with van der Waals surface area (Å²) in [7, 11) is 2.17. The van der Waals surface area contributed by atoms with Crippen LogP contribution in [0.3, 0.4) is 0 Å². The van der Waals surface area contributed by atoms with Crippen LogP contribution in [0.25, 0.3) is 0 Å². The fourth-order valence-corrected chi connectivity index (χ4v) is 2.94. The summed E-state index contributed by atoms with van der Waals surface area (Å²) in [5.74, 6) is 0.786. The van der Waals surface area contributed by atoms with E-state index in [9.17, 15) is 0 Å². The molecule has 1 heterocycles. The molecule has 3 nitrogen and oxygen atoms in total. The van der Waals surface area contributed by atoms with Crippen molar-refractivity contribution < 1.29 is 0 Å². The first-order valence-electron chi connectivity index (χ1n) is 6.61. The van der Waals surface area contributed by atoms with Crippen LogP contribution >= 0.6 is 0 Å². The Balaban J connectivity index is 1.95. The van der Waals surface area contributed by atoms with E-state index in [0.29, 0.717) is 6.04 Å². The zero-order valence-corrected chi connectivity index (χ0v) is 10.7. The lowest BCUT2D eigenvalue weighted by Gasteiger charge is -2.31. The van der Waals surface area contributed by atoms with Crippen molar-refractivity contribution in [2.75, 3.05) is 13.6 Å². The first kappa shape index (κ1) is 12.5. The van der Waals surface area contributed by atoms with Crippen LogP contribution < -0.4 is 5.73 Å². The third-order valence-electron chi connectivity index (χ3n) is 3.89. The minimum atomic E-state index is 0.513. The minimum absolute atomic E-state index is 0.513. The highest BCUT2D eigenvalue weighted by molar-refractivity contribution is 5.03. The van der Waals surface area contributed by atoms with E-state index in [-0.39, 0.29) is 0 Å². The van der Waals surface area contributed by atoms with Gasteiger partial charge in [0, 0.05) is 25.3 Å². The zero-order chi connectivity index (χ0) is 12.1. The van der Waals surface area contributed by atoms with E-state index in [1.807, 2.05) is 18.3 Å². The first-order valence-corrected chi connectivity index (χ1v) is 6.61. The van der Waals surface area contributed by atoms with Crippen molar-refractivity contribution in [1.29, 1.82) is 0 Å². The third-order valence-corrected chi connectivity index (χ3v) is 3.89. The van der Waals surface area contributed by atoms with Crippen molar-refractivity contribution >= 4 is 0 Å². The Hall–Kier alpha value is -0.930. The number of rotatable bonds is 5. The molecule has 1 aromatic rings. The summed E-state index contributed by atoms with van der Waals surface area (Å²) >= 11 is 0. The fraction of sp³-hybridized carbons (Fsp3) is 0.643. The van der Waals surface area contributed by atoms with Gasteiger partial charge in [-0.05, 0) is 37.9 Å². The summed E-state index contributed by atoms with van der Waals surface area (Å²) in [5, 5.41) is 0. The van der Waals surface area contributed by atoms with E-state index >= 15 is 0 Å². The topological polar surface area (TPSA) is 42.2 Å². The Morgan fingerprint density at radius 1 is 1.41 bits per heavy atom. The summed E-state index contributed by atoms with van der Waals surface area (Å²) in [5.41, 5.74) is 7.08. The predicted molar refractivity (Wildman–Crippen MR) is 70.5 cm³/mol. The van der Waals surface area contributed by atoms with Gasteiger partial charge in [-0.2, -0.15) is 0 Å². The summed E-state index contributed by atoms with van der Waals surface area (Å²) in [4.78, 5) is 6.75. The van der Waals surface area contributed by atoms with Gasteiger partial charge in [0.25, 0.3) is 0 Å². The molecule has 0 aliphatic heterocycles. The van der Waals surface area contributed by atoms with Crippen LogP contribution in [-0.4, -0.2) is 29.5 Å². The van der Waals surface area contributed by atoms with Gasteiger partial charge in [0.2, 0.25) is 0 Å². The quantitative estimate of drug-likeness (QED) is 0.846. The van der Waals surface area contributed by atoms with Crippen LogP contribution in [0.15, 0.2) is 24.4 Å².